The Morgan fingerprint density at radius 2 is 1.92 bits per heavy atom. The molecular weight excluding hydrogens is 342 g/mol. The van der Waals surface area contributed by atoms with E-state index in [1.165, 1.54) is 11.1 Å². The standard InChI is InChI=1S/C21H21N3OS/c1-16-7-9-17(10-8-16)21(19-22-12-14-26-19)11-13-24(15-21)20(25)23-18-5-3-2-4-6-18/h2-10,12,14H,11,13,15H2,1H3,(H,23,25). The maximum absolute atomic E-state index is 12.8. The van der Waals surface area contributed by atoms with E-state index in [2.05, 4.69) is 41.5 Å². The number of nitrogens with zero attached hydrogens (tertiary/aromatic N) is 2. The van der Waals surface area contributed by atoms with Gasteiger partial charge in [0.05, 0.1) is 5.41 Å². The maximum Gasteiger partial charge on any atom is 0.321 e. The molecule has 1 aliphatic heterocycles. The molecule has 2 amide bonds. The number of carbonyl (C=O) groups is 1. The monoisotopic (exact) mass is 363 g/mol. The van der Waals surface area contributed by atoms with Gasteiger partial charge in [-0.1, -0.05) is 48.0 Å². The van der Waals surface area contributed by atoms with E-state index in [0.29, 0.717) is 13.1 Å². The van der Waals surface area contributed by atoms with Crippen LogP contribution >= 0.6 is 11.3 Å². The maximum atomic E-state index is 12.8. The van der Waals surface area contributed by atoms with Crippen molar-refractivity contribution in [3.63, 3.8) is 0 Å². The number of benzene rings is 2. The number of hydrogen-bond donors (Lipinski definition) is 1. The first-order valence-corrected chi connectivity index (χ1v) is 9.63. The van der Waals surface area contributed by atoms with Gasteiger partial charge in [0.15, 0.2) is 0 Å². The van der Waals surface area contributed by atoms with Crippen LogP contribution in [-0.2, 0) is 5.41 Å². The summed E-state index contributed by atoms with van der Waals surface area (Å²) in [4.78, 5) is 19.3. The summed E-state index contributed by atoms with van der Waals surface area (Å²) in [6, 6.07) is 18.2. The molecule has 1 fully saturated rings. The van der Waals surface area contributed by atoms with E-state index in [0.717, 1.165) is 17.1 Å². The van der Waals surface area contributed by atoms with Gasteiger partial charge in [0.2, 0.25) is 0 Å². The highest BCUT2D eigenvalue weighted by Gasteiger charge is 2.44. The number of anilines is 1. The fourth-order valence-electron chi connectivity index (χ4n) is 3.57. The number of aryl methyl sites for hydroxylation is 1. The first-order chi connectivity index (χ1) is 12.7. The van der Waals surface area contributed by atoms with Crippen molar-refractivity contribution in [1.29, 1.82) is 0 Å². The highest BCUT2D eigenvalue weighted by atomic mass is 32.1. The fraction of sp³-hybridized carbons (Fsp3) is 0.238. The second kappa shape index (κ2) is 6.92. The summed E-state index contributed by atoms with van der Waals surface area (Å²) in [7, 11) is 0. The zero-order valence-electron chi connectivity index (χ0n) is 14.7. The van der Waals surface area contributed by atoms with Gasteiger partial charge in [-0.05, 0) is 31.0 Å². The van der Waals surface area contributed by atoms with Gasteiger partial charge in [0, 0.05) is 30.4 Å². The van der Waals surface area contributed by atoms with Crippen LogP contribution in [0.5, 0.6) is 0 Å². The number of urea groups is 1. The Labute approximate surface area is 157 Å². The van der Waals surface area contributed by atoms with Gasteiger partial charge >= 0.3 is 6.03 Å². The number of para-hydroxylation sites is 1. The van der Waals surface area contributed by atoms with Crippen LogP contribution < -0.4 is 5.32 Å². The molecule has 132 valence electrons. The van der Waals surface area contributed by atoms with Crippen LogP contribution in [0.2, 0.25) is 0 Å². The van der Waals surface area contributed by atoms with Gasteiger partial charge in [-0.2, -0.15) is 0 Å². The Hall–Kier alpha value is -2.66. The second-order valence-electron chi connectivity index (χ2n) is 6.75. The number of carbonyl (C=O) groups excluding carboxylic acids is 1. The average Bonchev–Trinajstić information content (AvgIpc) is 3.34. The van der Waals surface area contributed by atoms with E-state index in [1.807, 2.05) is 46.8 Å². The van der Waals surface area contributed by atoms with Gasteiger partial charge < -0.3 is 10.2 Å². The summed E-state index contributed by atoms with van der Waals surface area (Å²) >= 11 is 1.67. The third-order valence-electron chi connectivity index (χ3n) is 5.03. The van der Waals surface area contributed by atoms with Crippen molar-refractivity contribution < 1.29 is 4.79 Å². The summed E-state index contributed by atoms with van der Waals surface area (Å²) in [6.07, 6.45) is 2.73. The Bertz CT molecular complexity index is 877. The van der Waals surface area contributed by atoms with E-state index >= 15 is 0 Å². The molecule has 1 unspecified atom stereocenters. The van der Waals surface area contributed by atoms with Crippen LogP contribution in [0, 0.1) is 6.92 Å². The Morgan fingerprint density at radius 1 is 1.15 bits per heavy atom. The predicted molar refractivity (Wildman–Crippen MR) is 106 cm³/mol. The summed E-state index contributed by atoms with van der Waals surface area (Å²) in [5.74, 6) is 0. The van der Waals surface area contributed by atoms with Crippen LogP contribution in [0.1, 0.15) is 22.6 Å². The summed E-state index contributed by atoms with van der Waals surface area (Å²) in [5, 5.41) is 6.09. The third-order valence-corrected chi connectivity index (χ3v) is 6.00. The minimum atomic E-state index is -0.226. The second-order valence-corrected chi connectivity index (χ2v) is 7.65. The van der Waals surface area contributed by atoms with Crippen molar-refractivity contribution in [1.82, 2.24) is 9.88 Å². The molecule has 1 aromatic heterocycles. The molecule has 0 aliphatic carbocycles. The molecule has 5 heteroatoms. The van der Waals surface area contributed by atoms with Crippen LogP contribution in [0.3, 0.4) is 0 Å². The largest absolute Gasteiger partial charge is 0.323 e. The molecule has 1 atom stereocenters. The average molecular weight is 363 g/mol. The number of hydrogen-bond acceptors (Lipinski definition) is 3. The van der Waals surface area contributed by atoms with Crippen molar-refractivity contribution in [2.45, 2.75) is 18.8 Å². The number of likely N-dealkylation sites (tertiary alicyclic amines) is 1. The molecule has 3 aromatic rings. The van der Waals surface area contributed by atoms with Crippen LogP contribution in [0.4, 0.5) is 10.5 Å². The molecule has 26 heavy (non-hydrogen) atoms. The zero-order valence-corrected chi connectivity index (χ0v) is 15.5. The Kier molecular flexibility index (Phi) is 4.47. The van der Waals surface area contributed by atoms with Gasteiger partial charge in [0.1, 0.15) is 5.01 Å². The third kappa shape index (κ3) is 3.10. The molecule has 0 saturated carbocycles. The number of thiazole rings is 1. The van der Waals surface area contributed by atoms with E-state index in [-0.39, 0.29) is 11.4 Å². The van der Waals surface area contributed by atoms with Gasteiger partial charge in [-0.25, -0.2) is 9.78 Å². The van der Waals surface area contributed by atoms with Gasteiger partial charge in [0.25, 0.3) is 0 Å². The predicted octanol–water partition coefficient (Wildman–Crippen LogP) is 4.68. The molecule has 0 bridgehead atoms. The number of aromatic nitrogens is 1. The van der Waals surface area contributed by atoms with E-state index < -0.39 is 0 Å². The zero-order chi connectivity index (χ0) is 18.0. The molecule has 1 aliphatic rings. The number of amides is 2. The topological polar surface area (TPSA) is 45.2 Å². The molecule has 4 rings (SSSR count). The van der Waals surface area contributed by atoms with Gasteiger partial charge in [-0.3, -0.25) is 0 Å². The lowest BCUT2D eigenvalue weighted by molar-refractivity contribution is 0.220. The van der Waals surface area contributed by atoms with Crippen molar-refractivity contribution in [3.05, 3.63) is 82.3 Å². The lowest BCUT2D eigenvalue weighted by Gasteiger charge is -2.28. The summed E-state index contributed by atoms with van der Waals surface area (Å²) < 4.78 is 0. The molecule has 0 radical (unpaired) electrons. The normalized spacial score (nSPS) is 19.5. The first kappa shape index (κ1) is 16.8. The number of nitrogens with one attached hydrogen (secondary N) is 1. The SMILES string of the molecule is Cc1ccc(C2(c3nccs3)CCN(C(=O)Nc3ccccc3)C2)cc1. The number of rotatable bonds is 3. The lowest BCUT2D eigenvalue weighted by Crippen LogP contribution is -2.37. The van der Waals surface area contributed by atoms with Crippen molar-refractivity contribution in [2.75, 3.05) is 18.4 Å². The quantitative estimate of drug-likeness (QED) is 0.735. The molecule has 0 spiro atoms. The molecule has 1 saturated heterocycles. The fourth-order valence-corrected chi connectivity index (χ4v) is 4.46. The van der Waals surface area contributed by atoms with E-state index in [9.17, 15) is 4.79 Å². The van der Waals surface area contributed by atoms with Crippen LogP contribution in [-0.4, -0.2) is 29.0 Å². The highest BCUT2D eigenvalue weighted by molar-refractivity contribution is 7.09. The Morgan fingerprint density at radius 3 is 2.62 bits per heavy atom. The highest BCUT2D eigenvalue weighted by Crippen LogP contribution is 2.42. The molecule has 1 N–H and O–H groups in total. The minimum Gasteiger partial charge on any atom is -0.323 e. The summed E-state index contributed by atoms with van der Waals surface area (Å²) in [5.41, 5.74) is 3.06. The van der Waals surface area contributed by atoms with Gasteiger partial charge in [-0.15, -0.1) is 11.3 Å². The van der Waals surface area contributed by atoms with Crippen LogP contribution in [0.25, 0.3) is 0 Å². The first-order valence-electron chi connectivity index (χ1n) is 8.75. The summed E-state index contributed by atoms with van der Waals surface area (Å²) in [6.45, 7) is 3.45. The van der Waals surface area contributed by atoms with E-state index in [4.69, 9.17) is 0 Å². The lowest BCUT2D eigenvalue weighted by atomic mass is 9.80. The van der Waals surface area contributed by atoms with Crippen molar-refractivity contribution in [3.8, 4) is 0 Å². The van der Waals surface area contributed by atoms with Crippen molar-refractivity contribution in [2.24, 2.45) is 0 Å². The van der Waals surface area contributed by atoms with Crippen LogP contribution in [0.15, 0.2) is 66.2 Å². The molecule has 4 nitrogen and oxygen atoms in total. The van der Waals surface area contributed by atoms with E-state index in [1.54, 1.807) is 11.3 Å². The molecule has 2 aromatic carbocycles. The Balaban J connectivity index is 1.61. The smallest absolute Gasteiger partial charge is 0.321 e. The molecule has 2 heterocycles. The minimum absolute atomic E-state index is 0.0539. The van der Waals surface area contributed by atoms with Crippen molar-refractivity contribution >= 4 is 23.1 Å². The molecular formula is C21H21N3OS.